The molecule has 0 aliphatic carbocycles. The van der Waals surface area contributed by atoms with Crippen LogP contribution >= 0.6 is 11.7 Å². The Morgan fingerprint density at radius 1 is 1.12 bits per heavy atom. The van der Waals surface area contributed by atoms with E-state index in [1.165, 1.54) is 7.11 Å². The number of hydrogen-bond acceptors (Lipinski definition) is 8. The number of nitrogens with zero attached hydrogens (tertiary/aromatic N) is 2. The van der Waals surface area contributed by atoms with Gasteiger partial charge >= 0.3 is 5.97 Å². The third-order valence-electron chi connectivity index (χ3n) is 4.20. The number of carbonyl (C=O) groups excluding carboxylic acids is 1. The number of phenolic OH excluding ortho intramolecular Hbond substituents is 1. The number of methoxy groups -OCH3 is 3. The number of aromatic hydroxyl groups is 1. The maximum atomic E-state index is 12.0. The van der Waals surface area contributed by atoms with E-state index in [0.717, 1.165) is 17.3 Å². The predicted molar refractivity (Wildman–Crippen MR) is 97.1 cm³/mol. The molecule has 8 heteroatoms. The van der Waals surface area contributed by atoms with Crippen LogP contribution in [-0.4, -0.2) is 41.2 Å². The van der Waals surface area contributed by atoms with E-state index >= 15 is 0 Å². The lowest BCUT2D eigenvalue weighted by Gasteiger charge is -2.20. The third kappa shape index (κ3) is 3.28. The van der Waals surface area contributed by atoms with E-state index in [9.17, 15) is 9.90 Å². The van der Waals surface area contributed by atoms with Gasteiger partial charge in [-0.05, 0) is 29.8 Å². The van der Waals surface area contributed by atoms with E-state index in [-0.39, 0.29) is 12.2 Å². The smallest absolute Gasteiger partial charge is 0.306 e. The van der Waals surface area contributed by atoms with Gasteiger partial charge in [-0.25, -0.2) is 0 Å². The summed E-state index contributed by atoms with van der Waals surface area (Å²) in [5.74, 6) is 0.280. The Labute approximate surface area is 154 Å². The molecule has 3 aromatic rings. The van der Waals surface area contributed by atoms with Crippen LogP contribution < -0.4 is 9.47 Å². The molecule has 0 aliphatic heterocycles. The summed E-state index contributed by atoms with van der Waals surface area (Å²) >= 11 is 1.05. The van der Waals surface area contributed by atoms with Crippen LogP contribution in [0.15, 0.2) is 30.3 Å². The summed E-state index contributed by atoms with van der Waals surface area (Å²) in [6.45, 7) is 0. The Morgan fingerprint density at radius 3 is 2.58 bits per heavy atom. The van der Waals surface area contributed by atoms with Crippen LogP contribution in [-0.2, 0) is 9.53 Å². The Bertz CT molecular complexity index is 940. The van der Waals surface area contributed by atoms with Crippen LogP contribution in [0.5, 0.6) is 17.2 Å². The van der Waals surface area contributed by atoms with Gasteiger partial charge < -0.3 is 19.3 Å². The summed E-state index contributed by atoms with van der Waals surface area (Å²) < 4.78 is 24.0. The Kier molecular flexibility index (Phi) is 5.22. The minimum atomic E-state index is -0.477. The van der Waals surface area contributed by atoms with Gasteiger partial charge in [0.2, 0.25) is 0 Å². The van der Waals surface area contributed by atoms with Crippen molar-refractivity contribution in [2.45, 2.75) is 12.3 Å². The number of fused-ring (bicyclic) bond motifs is 1. The van der Waals surface area contributed by atoms with Gasteiger partial charge in [-0.1, -0.05) is 6.07 Å². The molecule has 0 aliphatic rings. The van der Waals surface area contributed by atoms with E-state index in [2.05, 4.69) is 8.75 Å². The summed E-state index contributed by atoms with van der Waals surface area (Å²) in [6.07, 6.45) is 0.0379. The maximum absolute atomic E-state index is 12.0. The van der Waals surface area contributed by atoms with Crippen molar-refractivity contribution in [1.29, 1.82) is 0 Å². The summed E-state index contributed by atoms with van der Waals surface area (Å²) in [6, 6.07) is 8.62. The van der Waals surface area contributed by atoms with E-state index in [1.54, 1.807) is 38.5 Å². The normalized spacial score (nSPS) is 12.0. The third-order valence-corrected chi connectivity index (χ3v) is 4.74. The molecule has 2 aromatic carbocycles. The molecule has 26 heavy (non-hydrogen) atoms. The second-order valence-electron chi connectivity index (χ2n) is 5.58. The van der Waals surface area contributed by atoms with E-state index < -0.39 is 11.9 Å². The van der Waals surface area contributed by atoms with Crippen molar-refractivity contribution >= 4 is 28.7 Å². The first-order valence-electron chi connectivity index (χ1n) is 7.82. The summed E-state index contributed by atoms with van der Waals surface area (Å²) in [5.41, 5.74) is 2.54. The Balaban J connectivity index is 2.18. The molecule has 1 heterocycles. The lowest BCUT2D eigenvalue weighted by molar-refractivity contribution is -0.140. The van der Waals surface area contributed by atoms with Crippen molar-refractivity contribution in [3.8, 4) is 17.2 Å². The van der Waals surface area contributed by atoms with Crippen LogP contribution in [0, 0.1) is 0 Å². The topological polar surface area (TPSA) is 90.8 Å². The molecule has 0 amide bonds. The maximum Gasteiger partial charge on any atom is 0.306 e. The fraction of sp³-hybridized carbons (Fsp3) is 0.278. The van der Waals surface area contributed by atoms with Gasteiger partial charge in [-0.2, -0.15) is 8.75 Å². The highest BCUT2D eigenvalue weighted by Crippen LogP contribution is 2.41. The number of carbonyl (C=O) groups is 1. The predicted octanol–water partition coefficient (Wildman–Crippen LogP) is 3.11. The quantitative estimate of drug-likeness (QED) is 0.663. The van der Waals surface area contributed by atoms with Crippen LogP contribution in [0.2, 0.25) is 0 Å². The minimum absolute atomic E-state index is 0.0379. The van der Waals surface area contributed by atoms with Gasteiger partial charge in [0, 0.05) is 11.5 Å². The van der Waals surface area contributed by atoms with Crippen molar-refractivity contribution < 1.29 is 24.1 Å². The summed E-state index contributed by atoms with van der Waals surface area (Å²) in [4.78, 5) is 12.0. The van der Waals surface area contributed by atoms with Crippen molar-refractivity contribution in [2.75, 3.05) is 21.3 Å². The van der Waals surface area contributed by atoms with Crippen LogP contribution in [0.3, 0.4) is 0 Å². The Hall–Kier alpha value is -2.87. The number of ether oxygens (including phenoxy) is 3. The molecule has 0 fully saturated rings. The average Bonchev–Trinajstić information content (AvgIpc) is 3.14. The molecular weight excluding hydrogens is 356 g/mol. The zero-order valence-corrected chi connectivity index (χ0v) is 15.4. The first-order chi connectivity index (χ1) is 12.6. The first-order valence-corrected chi connectivity index (χ1v) is 8.55. The van der Waals surface area contributed by atoms with E-state index in [1.807, 2.05) is 6.07 Å². The number of aromatic nitrogens is 2. The first kappa shape index (κ1) is 17.9. The highest BCUT2D eigenvalue weighted by molar-refractivity contribution is 7.00. The molecule has 3 rings (SSSR count). The second kappa shape index (κ2) is 7.57. The van der Waals surface area contributed by atoms with Crippen molar-refractivity contribution in [1.82, 2.24) is 8.75 Å². The molecule has 136 valence electrons. The van der Waals surface area contributed by atoms with Crippen LogP contribution in [0.1, 0.15) is 23.5 Å². The molecule has 1 atom stereocenters. The molecule has 1 aromatic heterocycles. The highest BCUT2D eigenvalue weighted by Gasteiger charge is 2.26. The molecule has 0 saturated heterocycles. The van der Waals surface area contributed by atoms with Crippen LogP contribution in [0.25, 0.3) is 11.0 Å². The van der Waals surface area contributed by atoms with Crippen molar-refractivity contribution in [2.24, 2.45) is 0 Å². The van der Waals surface area contributed by atoms with Crippen LogP contribution in [0.4, 0.5) is 0 Å². The largest absolute Gasteiger partial charge is 0.508 e. The molecule has 0 saturated carbocycles. The van der Waals surface area contributed by atoms with E-state index in [4.69, 9.17) is 14.2 Å². The number of phenols is 1. The fourth-order valence-electron chi connectivity index (χ4n) is 2.91. The number of rotatable bonds is 6. The molecule has 1 N–H and O–H groups in total. The average molecular weight is 374 g/mol. The molecule has 7 nitrogen and oxygen atoms in total. The standard InChI is InChI=1S/C18H18N2O5S/c1-23-14-7-4-10(8-15(14)24-2)11(9-16(22)25-3)17-13(21)6-5-12-18(17)20-26-19-12/h4-8,11,21H,9H2,1-3H3/t11-/m0/s1. The molecule has 0 unspecified atom stereocenters. The zero-order valence-electron chi connectivity index (χ0n) is 14.6. The summed E-state index contributed by atoms with van der Waals surface area (Å²) in [7, 11) is 4.43. The SMILES string of the molecule is COC(=O)C[C@@H](c1ccc(OC)c(OC)c1)c1c(O)ccc2nsnc12. The lowest BCUT2D eigenvalue weighted by atomic mass is 9.87. The van der Waals surface area contributed by atoms with Gasteiger partial charge in [-0.3, -0.25) is 4.79 Å². The molecule has 0 spiro atoms. The van der Waals surface area contributed by atoms with Gasteiger partial charge in [0.05, 0.1) is 39.5 Å². The highest BCUT2D eigenvalue weighted by atomic mass is 32.1. The Morgan fingerprint density at radius 2 is 1.88 bits per heavy atom. The zero-order chi connectivity index (χ0) is 18.7. The van der Waals surface area contributed by atoms with E-state index in [0.29, 0.717) is 28.1 Å². The van der Waals surface area contributed by atoms with Gasteiger partial charge in [0.25, 0.3) is 0 Å². The van der Waals surface area contributed by atoms with Crippen molar-refractivity contribution in [3.63, 3.8) is 0 Å². The van der Waals surface area contributed by atoms with Gasteiger partial charge in [-0.15, -0.1) is 0 Å². The molecule has 0 bridgehead atoms. The number of hydrogen-bond donors (Lipinski definition) is 1. The minimum Gasteiger partial charge on any atom is -0.508 e. The van der Waals surface area contributed by atoms with Gasteiger partial charge in [0.1, 0.15) is 16.8 Å². The number of esters is 1. The van der Waals surface area contributed by atoms with Crippen molar-refractivity contribution in [3.05, 3.63) is 41.5 Å². The lowest BCUT2D eigenvalue weighted by Crippen LogP contribution is -2.11. The van der Waals surface area contributed by atoms with Gasteiger partial charge in [0.15, 0.2) is 11.5 Å². The summed E-state index contributed by atoms with van der Waals surface area (Å²) in [5, 5.41) is 10.5. The number of benzene rings is 2. The molecular formula is C18H18N2O5S. The fourth-order valence-corrected chi connectivity index (χ4v) is 3.46. The molecule has 0 radical (unpaired) electrons. The second-order valence-corrected chi connectivity index (χ2v) is 6.11. The monoisotopic (exact) mass is 374 g/mol.